The van der Waals surface area contributed by atoms with Gasteiger partial charge in [-0.25, -0.2) is 0 Å². The van der Waals surface area contributed by atoms with Crippen LogP contribution in [-0.4, -0.2) is 30.0 Å². The summed E-state index contributed by atoms with van der Waals surface area (Å²) in [5.74, 6) is 0.663. The first-order valence-electron chi connectivity index (χ1n) is 9.55. The Morgan fingerprint density at radius 1 is 1.04 bits per heavy atom. The molecule has 0 aliphatic carbocycles. The van der Waals surface area contributed by atoms with Gasteiger partial charge in [0.15, 0.2) is 6.10 Å². The predicted octanol–water partition coefficient (Wildman–Crippen LogP) is 3.76. The van der Waals surface area contributed by atoms with Crippen LogP contribution in [0, 0.1) is 0 Å². The van der Waals surface area contributed by atoms with Gasteiger partial charge in [0.25, 0.3) is 5.91 Å². The summed E-state index contributed by atoms with van der Waals surface area (Å²) in [6.45, 7) is 5.81. The Bertz CT molecular complexity index is 696. The molecule has 1 aliphatic heterocycles. The van der Waals surface area contributed by atoms with Gasteiger partial charge in [-0.05, 0) is 55.6 Å². The molecule has 0 radical (unpaired) electrons. The molecule has 0 aromatic heterocycles. The highest BCUT2D eigenvalue weighted by Crippen LogP contribution is 2.17. The van der Waals surface area contributed by atoms with E-state index in [0.717, 1.165) is 12.3 Å². The number of hydrogen-bond acceptors (Lipinski definition) is 3. The van der Waals surface area contributed by atoms with Gasteiger partial charge in [-0.2, -0.15) is 0 Å². The maximum Gasteiger partial charge on any atom is 0.261 e. The lowest BCUT2D eigenvalue weighted by atomic mass is 10.1. The fourth-order valence-corrected chi connectivity index (χ4v) is 3.35. The third-order valence-corrected chi connectivity index (χ3v) is 4.85. The number of ether oxygens (including phenoxy) is 1. The van der Waals surface area contributed by atoms with Gasteiger partial charge in [0, 0.05) is 13.1 Å². The van der Waals surface area contributed by atoms with Crippen molar-refractivity contribution in [2.24, 2.45) is 0 Å². The minimum Gasteiger partial charge on any atom is -0.481 e. The summed E-state index contributed by atoms with van der Waals surface area (Å²) in [5.41, 5.74) is 2.48. The number of amides is 1. The molecule has 0 unspecified atom stereocenters. The van der Waals surface area contributed by atoms with Crippen LogP contribution >= 0.6 is 0 Å². The van der Waals surface area contributed by atoms with E-state index in [1.165, 1.54) is 37.1 Å². The maximum absolute atomic E-state index is 12.6. The number of benzene rings is 2. The third kappa shape index (κ3) is 5.09. The van der Waals surface area contributed by atoms with Gasteiger partial charge in [0.2, 0.25) is 0 Å². The van der Waals surface area contributed by atoms with E-state index in [4.69, 9.17) is 4.74 Å². The van der Waals surface area contributed by atoms with E-state index in [9.17, 15) is 4.79 Å². The van der Waals surface area contributed by atoms with Crippen molar-refractivity contribution in [3.05, 3.63) is 65.7 Å². The van der Waals surface area contributed by atoms with Gasteiger partial charge >= 0.3 is 0 Å². The van der Waals surface area contributed by atoms with Crippen molar-refractivity contribution in [3.63, 3.8) is 0 Å². The molecule has 26 heavy (non-hydrogen) atoms. The minimum atomic E-state index is -0.469. The lowest BCUT2D eigenvalue weighted by Gasteiger charge is -2.20. The van der Waals surface area contributed by atoms with Crippen molar-refractivity contribution in [2.45, 2.75) is 45.4 Å². The molecule has 4 heteroatoms. The Balaban J connectivity index is 1.58. The quantitative estimate of drug-likeness (QED) is 0.786. The number of nitrogens with zero attached hydrogens (tertiary/aromatic N) is 1. The monoisotopic (exact) mass is 352 g/mol. The molecule has 2 aromatic rings. The van der Waals surface area contributed by atoms with Crippen LogP contribution < -0.4 is 10.1 Å². The summed E-state index contributed by atoms with van der Waals surface area (Å²) < 4.78 is 5.83. The number of likely N-dealkylation sites (tertiary alicyclic amines) is 1. The zero-order chi connectivity index (χ0) is 18.2. The third-order valence-electron chi connectivity index (χ3n) is 4.85. The Labute approximate surface area is 156 Å². The zero-order valence-corrected chi connectivity index (χ0v) is 15.5. The predicted molar refractivity (Wildman–Crippen MR) is 104 cm³/mol. The highest BCUT2D eigenvalue weighted by molar-refractivity contribution is 5.81. The highest BCUT2D eigenvalue weighted by atomic mass is 16.5. The number of rotatable bonds is 8. The first kappa shape index (κ1) is 18.5. The molecule has 1 N–H and O–H groups in total. The van der Waals surface area contributed by atoms with Crippen molar-refractivity contribution in [2.75, 3.05) is 13.1 Å². The van der Waals surface area contributed by atoms with Crippen molar-refractivity contribution in [1.82, 2.24) is 10.2 Å². The van der Waals surface area contributed by atoms with Gasteiger partial charge in [-0.3, -0.25) is 9.69 Å². The molecule has 2 aromatic carbocycles. The average molecular weight is 352 g/mol. The van der Waals surface area contributed by atoms with E-state index in [1.807, 2.05) is 43.3 Å². The minimum absolute atomic E-state index is 0.0627. The highest BCUT2D eigenvalue weighted by Gasteiger charge is 2.19. The zero-order valence-electron chi connectivity index (χ0n) is 15.5. The summed E-state index contributed by atoms with van der Waals surface area (Å²) >= 11 is 0. The second kappa shape index (κ2) is 9.39. The van der Waals surface area contributed by atoms with Gasteiger partial charge in [0.05, 0.1) is 0 Å². The van der Waals surface area contributed by atoms with Crippen LogP contribution in [0.25, 0.3) is 0 Å². The Kier molecular flexibility index (Phi) is 6.67. The normalized spacial score (nSPS) is 15.6. The van der Waals surface area contributed by atoms with Crippen LogP contribution in [0.2, 0.25) is 0 Å². The number of hydrogen-bond donors (Lipinski definition) is 1. The van der Waals surface area contributed by atoms with E-state index >= 15 is 0 Å². The van der Waals surface area contributed by atoms with E-state index in [2.05, 4.69) is 28.4 Å². The number of carbonyl (C=O) groups is 1. The molecular weight excluding hydrogens is 324 g/mol. The largest absolute Gasteiger partial charge is 0.481 e. The van der Waals surface area contributed by atoms with Crippen LogP contribution in [0.3, 0.4) is 0 Å². The van der Waals surface area contributed by atoms with Crippen molar-refractivity contribution >= 4 is 5.91 Å². The molecule has 0 saturated carbocycles. The first-order valence-corrected chi connectivity index (χ1v) is 9.55. The van der Waals surface area contributed by atoms with Crippen LogP contribution in [-0.2, 0) is 17.9 Å². The molecule has 4 nitrogen and oxygen atoms in total. The molecule has 1 heterocycles. The summed E-state index contributed by atoms with van der Waals surface area (Å²) in [6.07, 6.45) is 2.74. The second-order valence-corrected chi connectivity index (χ2v) is 6.80. The molecule has 1 fully saturated rings. The van der Waals surface area contributed by atoms with Gasteiger partial charge in [-0.1, -0.05) is 49.4 Å². The van der Waals surface area contributed by atoms with Crippen molar-refractivity contribution in [3.8, 4) is 5.75 Å². The van der Waals surface area contributed by atoms with Crippen molar-refractivity contribution in [1.29, 1.82) is 0 Å². The average Bonchev–Trinajstić information content (AvgIpc) is 3.19. The fraction of sp³-hybridized carbons (Fsp3) is 0.409. The number of carbonyl (C=O) groups excluding carboxylic acids is 1. The van der Waals surface area contributed by atoms with Crippen LogP contribution in [0.1, 0.15) is 37.3 Å². The lowest BCUT2D eigenvalue weighted by molar-refractivity contribution is -0.128. The van der Waals surface area contributed by atoms with Gasteiger partial charge in [-0.15, -0.1) is 0 Å². The SMILES string of the molecule is CC[C@@H](Oc1ccccc1)C(=O)NCc1ccccc1CN1CCCC1. The second-order valence-electron chi connectivity index (χ2n) is 6.80. The molecule has 0 bridgehead atoms. The summed E-state index contributed by atoms with van der Waals surface area (Å²) in [4.78, 5) is 15.0. The topological polar surface area (TPSA) is 41.6 Å². The Morgan fingerprint density at radius 3 is 2.38 bits per heavy atom. The maximum atomic E-state index is 12.6. The summed E-state index contributed by atoms with van der Waals surface area (Å²) in [6, 6.07) is 17.9. The van der Waals surface area contributed by atoms with Crippen LogP contribution in [0.5, 0.6) is 5.75 Å². The smallest absolute Gasteiger partial charge is 0.261 e. The fourth-order valence-electron chi connectivity index (χ4n) is 3.35. The molecule has 3 rings (SSSR count). The summed E-state index contributed by atoms with van der Waals surface area (Å²) in [5, 5.41) is 3.05. The molecule has 138 valence electrons. The molecule has 1 saturated heterocycles. The van der Waals surface area contributed by atoms with E-state index < -0.39 is 6.10 Å². The van der Waals surface area contributed by atoms with Crippen LogP contribution in [0.4, 0.5) is 0 Å². The van der Waals surface area contributed by atoms with Crippen molar-refractivity contribution < 1.29 is 9.53 Å². The molecule has 1 atom stereocenters. The lowest BCUT2D eigenvalue weighted by Crippen LogP contribution is -2.37. The van der Waals surface area contributed by atoms with E-state index in [-0.39, 0.29) is 5.91 Å². The first-order chi connectivity index (χ1) is 12.8. The standard InChI is InChI=1S/C22H28N2O2/c1-2-21(26-20-12-4-3-5-13-20)22(25)23-16-18-10-6-7-11-19(18)17-24-14-8-9-15-24/h3-7,10-13,21H,2,8-9,14-17H2,1H3,(H,23,25)/t21-/m1/s1. The van der Waals surface area contributed by atoms with Gasteiger partial charge in [0.1, 0.15) is 5.75 Å². The molecule has 1 aliphatic rings. The van der Waals surface area contributed by atoms with Crippen LogP contribution in [0.15, 0.2) is 54.6 Å². The number of nitrogens with one attached hydrogen (secondary N) is 1. The molecule has 1 amide bonds. The molecular formula is C22H28N2O2. The van der Waals surface area contributed by atoms with Gasteiger partial charge < -0.3 is 10.1 Å². The summed E-state index contributed by atoms with van der Waals surface area (Å²) in [7, 11) is 0. The van der Waals surface area contributed by atoms with E-state index in [1.54, 1.807) is 0 Å². The Hall–Kier alpha value is -2.33. The molecule has 0 spiro atoms. The Morgan fingerprint density at radius 2 is 1.69 bits per heavy atom. The number of para-hydroxylation sites is 1. The van der Waals surface area contributed by atoms with E-state index in [0.29, 0.717) is 13.0 Å².